The molecule has 0 spiro atoms. The Hall–Kier alpha value is -1.55. The van der Waals surface area contributed by atoms with Crippen LogP contribution >= 0.6 is 0 Å². The van der Waals surface area contributed by atoms with Gasteiger partial charge >= 0.3 is 0 Å². The van der Waals surface area contributed by atoms with E-state index in [1.165, 1.54) is 16.8 Å². The fraction of sp³-hybridized carbons (Fsp3) is 0.562. The van der Waals surface area contributed by atoms with Gasteiger partial charge in [-0.3, -0.25) is 4.79 Å². The second kappa shape index (κ2) is 6.75. The highest BCUT2D eigenvalue weighted by molar-refractivity contribution is 5.73. The maximum atomic E-state index is 11.1. The summed E-state index contributed by atoms with van der Waals surface area (Å²) in [6.45, 7) is 6.69. The van der Waals surface area contributed by atoms with Crippen LogP contribution in [-0.2, 0) is 11.3 Å². The monoisotopic (exact) mass is 275 g/mol. The lowest BCUT2D eigenvalue weighted by Crippen LogP contribution is -2.44. The minimum atomic E-state index is 0.0794. The van der Waals surface area contributed by atoms with Crippen molar-refractivity contribution in [3.05, 3.63) is 29.3 Å². The standard InChI is InChI=1S/C16H25N3O/c1-12-10-16(5-4-14(12)11-17-3)19-8-6-15(7-9-19)18-13(2)20/h4-5,10,15,17H,6-9,11H2,1-3H3,(H,18,20). The van der Waals surface area contributed by atoms with Gasteiger partial charge in [0, 0.05) is 38.3 Å². The van der Waals surface area contributed by atoms with E-state index in [4.69, 9.17) is 0 Å². The minimum Gasteiger partial charge on any atom is -0.371 e. The third-order valence-corrected chi connectivity index (χ3v) is 3.96. The van der Waals surface area contributed by atoms with Crippen molar-refractivity contribution >= 4 is 11.6 Å². The first kappa shape index (κ1) is 14.9. The summed E-state index contributed by atoms with van der Waals surface area (Å²) in [7, 11) is 1.97. The van der Waals surface area contributed by atoms with Gasteiger partial charge in [0.1, 0.15) is 0 Å². The molecule has 1 aromatic rings. The number of hydrogen-bond donors (Lipinski definition) is 2. The van der Waals surface area contributed by atoms with E-state index in [0.29, 0.717) is 6.04 Å². The summed E-state index contributed by atoms with van der Waals surface area (Å²) in [5.74, 6) is 0.0794. The molecule has 1 heterocycles. The molecule has 4 nitrogen and oxygen atoms in total. The van der Waals surface area contributed by atoms with Crippen molar-refractivity contribution in [3.8, 4) is 0 Å². The van der Waals surface area contributed by atoms with E-state index in [1.54, 1.807) is 6.92 Å². The minimum absolute atomic E-state index is 0.0794. The van der Waals surface area contributed by atoms with E-state index in [0.717, 1.165) is 32.5 Å². The predicted octanol–water partition coefficient (Wildman–Crippen LogP) is 1.82. The Kier molecular flexibility index (Phi) is 5.01. The fourth-order valence-electron chi connectivity index (χ4n) is 2.84. The second-order valence-electron chi connectivity index (χ2n) is 5.60. The number of nitrogens with one attached hydrogen (secondary N) is 2. The van der Waals surface area contributed by atoms with Crippen molar-refractivity contribution < 1.29 is 4.79 Å². The predicted molar refractivity (Wildman–Crippen MR) is 83.0 cm³/mol. The number of hydrogen-bond acceptors (Lipinski definition) is 3. The van der Waals surface area contributed by atoms with Crippen molar-refractivity contribution in [2.24, 2.45) is 0 Å². The van der Waals surface area contributed by atoms with Gasteiger partial charge in [-0.1, -0.05) is 6.07 Å². The first-order valence-corrected chi connectivity index (χ1v) is 7.36. The van der Waals surface area contributed by atoms with Gasteiger partial charge in [-0.2, -0.15) is 0 Å². The highest BCUT2D eigenvalue weighted by Gasteiger charge is 2.20. The van der Waals surface area contributed by atoms with E-state index in [-0.39, 0.29) is 5.91 Å². The quantitative estimate of drug-likeness (QED) is 0.881. The summed E-state index contributed by atoms with van der Waals surface area (Å²) in [5, 5.41) is 6.21. The molecule has 0 atom stereocenters. The Labute approximate surface area is 121 Å². The van der Waals surface area contributed by atoms with Crippen LogP contribution in [-0.4, -0.2) is 32.1 Å². The number of nitrogens with zero attached hydrogens (tertiary/aromatic N) is 1. The zero-order valence-corrected chi connectivity index (χ0v) is 12.7. The van der Waals surface area contributed by atoms with Gasteiger partial charge in [0.15, 0.2) is 0 Å². The number of amides is 1. The van der Waals surface area contributed by atoms with Gasteiger partial charge in [-0.25, -0.2) is 0 Å². The van der Waals surface area contributed by atoms with Crippen LogP contribution in [0.15, 0.2) is 18.2 Å². The maximum Gasteiger partial charge on any atom is 0.217 e. The molecule has 2 N–H and O–H groups in total. The summed E-state index contributed by atoms with van der Waals surface area (Å²) in [5.41, 5.74) is 3.98. The molecule has 0 bridgehead atoms. The van der Waals surface area contributed by atoms with Crippen LogP contribution in [0.2, 0.25) is 0 Å². The summed E-state index contributed by atoms with van der Waals surface area (Å²) < 4.78 is 0. The van der Waals surface area contributed by atoms with E-state index in [2.05, 4.69) is 40.7 Å². The first-order valence-electron chi connectivity index (χ1n) is 7.36. The van der Waals surface area contributed by atoms with Crippen LogP contribution in [0, 0.1) is 6.92 Å². The molecule has 0 radical (unpaired) electrons. The van der Waals surface area contributed by atoms with E-state index in [1.807, 2.05) is 7.05 Å². The van der Waals surface area contributed by atoms with Gasteiger partial charge in [-0.15, -0.1) is 0 Å². The highest BCUT2D eigenvalue weighted by Crippen LogP contribution is 2.23. The number of benzene rings is 1. The van der Waals surface area contributed by atoms with E-state index in [9.17, 15) is 4.79 Å². The summed E-state index contributed by atoms with van der Waals surface area (Å²) in [6.07, 6.45) is 2.05. The zero-order chi connectivity index (χ0) is 14.5. The molecule has 0 aliphatic carbocycles. The number of aryl methyl sites for hydroxylation is 1. The summed E-state index contributed by atoms with van der Waals surface area (Å²) in [6, 6.07) is 7.03. The molecule has 4 heteroatoms. The fourth-order valence-corrected chi connectivity index (χ4v) is 2.84. The van der Waals surface area contributed by atoms with Crippen molar-refractivity contribution in [2.45, 2.75) is 39.3 Å². The lowest BCUT2D eigenvalue weighted by Gasteiger charge is -2.34. The van der Waals surface area contributed by atoms with Crippen LogP contribution in [0.1, 0.15) is 30.9 Å². The molecule has 0 unspecified atom stereocenters. The molecule has 0 aromatic heterocycles. The lowest BCUT2D eigenvalue weighted by molar-refractivity contribution is -0.119. The summed E-state index contributed by atoms with van der Waals surface area (Å²) in [4.78, 5) is 13.5. The molecule has 1 amide bonds. The van der Waals surface area contributed by atoms with Crippen LogP contribution in [0.4, 0.5) is 5.69 Å². The lowest BCUT2D eigenvalue weighted by atomic mass is 10.0. The van der Waals surface area contributed by atoms with Gasteiger partial charge < -0.3 is 15.5 Å². The van der Waals surface area contributed by atoms with Crippen molar-refractivity contribution in [2.75, 3.05) is 25.0 Å². The van der Waals surface area contributed by atoms with E-state index < -0.39 is 0 Å². The topological polar surface area (TPSA) is 44.4 Å². The number of anilines is 1. The molecule has 1 aromatic carbocycles. The number of rotatable bonds is 4. The molecule has 2 rings (SSSR count). The second-order valence-corrected chi connectivity index (χ2v) is 5.60. The Morgan fingerprint density at radius 2 is 2.05 bits per heavy atom. The number of piperidine rings is 1. The molecule has 110 valence electrons. The summed E-state index contributed by atoms with van der Waals surface area (Å²) >= 11 is 0. The first-order chi connectivity index (χ1) is 9.60. The smallest absolute Gasteiger partial charge is 0.217 e. The average molecular weight is 275 g/mol. The third kappa shape index (κ3) is 3.73. The van der Waals surface area contributed by atoms with Crippen LogP contribution in [0.3, 0.4) is 0 Å². The number of carbonyl (C=O) groups is 1. The zero-order valence-electron chi connectivity index (χ0n) is 12.7. The molecule has 1 aliphatic rings. The Morgan fingerprint density at radius 1 is 1.35 bits per heavy atom. The van der Waals surface area contributed by atoms with Crippen LogP contribution in [0.5, 0.6) is 0 Å². The Balaban J connectivity index is 1.96. The molecule has 1 fully saturated rings. The normalized spacial score (nSPS) is 16.2. The van der Waals surface area contributed by atoms with Crippen LogP contribution in [0.25, 0.3) is 0 Å². The SMILES string of the molecule is CNCc1ccc(N2CCC(NC(C)=O)CC2)cc1C. The van der Waals surface area contributed by atoms with Crippen molar-refractivity contribution in [3.63, 3.8) is 0 Å². The van der Waals surface area contributed by atoms with Crippen molar-refractivity contribution in [1.82, 2.24) is 10.6 Å². The van der Waals surface area contributed by atoms with E-state index >= 15 is 0 Å². The molecule has 1 aliphatic heterocycles. The molecule has 20 heavy (non-hydrogen) atoms. The highest BCUT2D eigenvalue weighted by atomic mass is 16.1. The van der Waals surface area contributed by atoms with Crippen molar-refractivity contribution in [1.29, 1.82) is 0 Å². The number of carbonyl (C=O) groups excluding carboxylic acids is 1. The third-order valence-electron chi connectivity index (χ3n) is 3.96. The molecular formula is C16H25N3O. The molecular weight excluding hydrogens is 250 g/mol. The molecule has 0 saturated carbocycles. The molecule has 1 saturated heterocycles. The van der Waals surface area contributed by atoms with Gasteiger partial charge in [-0.05, 0) is 50.1 Å². The van der Waals surface area contributed by atoms with Gasteiger partial charge in [0.25, 0.3) is 0 Å². The average Bonchev–Trinajstić information content (AvgIpc) is 2.41. The maximum absolute atomic E-state index is 11.1. The van der Waals surface area contributed by atoms with Gasteiger partial charge in [0.2, 0.25) is 5.91 Å². The Bertz CT molecular complexity index is 465. The Morgan fingerprint density at radius 3 is 2.60 bits per heavy atom. The van der Waals surface area contributed by atoms with Crippen LogP contribution < -0.4 is 15.5 Å². The largest absolute Gasteiger partial charge is 0.371 e. The van der Waals surface area contributed by atoms with Gasteiger partial charge in [0.05, 0.1) is 0 Å².